The Hall–Kier alpha value is -2.25. The lowest BCUT2D eigenvalue weighted by Gasteiger charge is -2.05. The molecule has 28 heavy (non-hydrogen) atoms. The molecule has 0 bridgehead atoms. The van der Waals surface area contributed by atoms with Crippen LogP contribution < -0.4 is 5.32 Å². The minimum Gasteiger partial charge on any atom is -0.407 e. The van der Waals surface area contributed by atoms with E-state index >= 15 is 0 Å². The largest absolute Gasteiger partial charge is 0.407 e. The fourth-order valence-corrected chi connectivity index (χ4v) is 4.05. The molecule has 1 aromatic heterocycles. The van der Waals surface area contributed by atoms with Gasteiger partial charge in [-0.05, 0) is 47.7 Å². The monoisotopic (exact) mass is 413 g/mol. The lowest BCUT2D eigenvalue weighted by Crippen LogP contribution is -2.11. The summed E-state index contributed by atoms with van der Waals surface area (Å²) < 4.78 is 5.57. The number of carbonyl (C=O) groups excluding carboxylic acids is 1. The molecule has 0 spiro atoms. The first-order valence-corrected chi connectivity index (χ1v) is 11.0. The predicted molar refractivity (Wildman–Crippen MR) is 115 cm³/mol. The van der Waals surface area contributed by atoms with E-state index in [2.05, 4.69) is 60.6 Å². The van der Waals surface area contributed by atoms with Crippen LogP contribution in [0.15, 0.2) is 62.7 Å². The van der Waals surface area contributed by atoms with Crippen LogP contribution in [0.2, 0.25) is 0 Å². The van der Waals surface area contributed by atoms with E-state index in [0.29, 0.717) is 23.1 Å². The van der Waals surface area contributed by atoms with Crippen LogP contribution in [0.5, 0.6) is 0 Å². The van der Waals surface area contributed by atoms with Gasteiger partial charge in [0.25, 0.3) is 5.91 Å². The fourth-order valence-electron chi connectivity index (χ4n) is 2.55. The van der Waals surface area contributed by atoms with Crippen LogP contribution in [-0.4, -0.2) is 27.1 Å². The van der Waals surface area contributed by atoms with Crippen molar-refractivity contribution in [3.8, 4) is 0 Å². The summed E-state index contributed by atoms with van der Waals surface area (Å²) in [5.41, 5.74) is 1.64. The summed E-state index contributed by atoms with van der Waals surface area (Å²) in [5.74, 6) is 1.20. The minimum atomic E-state index is -0.265. The van der Waals surface area contributed by atoms with E-state index in [1.807, 2.05) is 23.9 Å². The van der Waals surface area contributed by atoms with Gasteiger partial charge in [0.15, 0.2) is 0 Å². The molecule has 0 saturated heterocycles. The summed E-state index contributed by atoms with van der Waals surface area (Å²) in [6.07, 6.45) is 0.526. The van der Waals surface area contributed by atoms with Crippen molar-refractivity contribution in [3.63, 3.8) is 0 Å². The smallest absolute Gasteiger partial charge is 0.322 e. The summed E-state index contributed by atoms with van der Waals surface area (Å²) in [6.45, 7) is 6.44. The summed E-state index contributed by atoms with van der Waals surface area (Å²) >= 11 is 3.56. The van der Waals surface area contributed by atoms with E-state index in [-0.39, 0.29) is 11.9 Å². The molecule has 3 rings (SSSR count). The maximum Gasteiger partial charge on any atom is 0.322 e. The zero-order chi connectivity index (χ0) is 19.9. The molecule has 2 aromatic carbocycles. The Labute approximate surface area is 173 Å². The second kappa shape index (κ2) is 9.80. The Morgan fingerprint density at radius 2 is 1.71 bits per heavy atom. The van der Waals surface area contributed by atoms with E-state index in [9.17, 15) is 4.79 Å². The molecular formula is C21H23N3O2S2. The lowest BCUT2D eigenvalue weighted by molar-refractivity contribution is 0.102. The summed E-state index contributed by atoms with van der Waals surface area (Å²) in [7, 11) is 0. The van der Waals surface area contributed by atoms with Gasteiger partial charge in [0, 0.05) is 20.6 Å². The van der Waals surface area contributed by atoms with Gasteiger partial charge >= 0.3 is 6.01 Å². The molecule has 0 radical (unpaired) electrons. The lowest BCUT2D eigenvalue weighted by atomic mass is 10.1. The first kappa shape index (κ1) is 20.5. The molecule has 1 heterocycles. The highest BCUT2D eigenvalue weighted by atomic mass is 32.2. The molecule has 0 atom stereocenters. The third kappa shape index (κ3) is 5.87. The average molecular weight is 414 g/mol. The number of thioether (sulfide) groups is 2. The van der Waals surface area contributed by atoms with E-state index in [0.717, 1.165) is 16.2 Å². The van der Waals surface area contributed by atoms with Gasteiger partial charge in [-0.3, -0.25) is 10.1 Å². The van der Waals surface area contributed by atoms with Crippen molar-refractivity contribution in [2.75, 3.05) is 11.1 Å². The van der Waals surface area contributed by atoms with Gasteiger partial charge in [-0.25, -0.2) is 0 Å². The van der Waals surface area contributed by atoms with Crippen molar-refractivity contribution in [1.29, 1.82) is 0 Å². The van der Waals surface area contributed by atoms with Crippen molar-refractivity contribution in [2.45, 2.75) is 42.2 Å². The van der Waals surface area contributed by atoms with Crippen LogP contribution in [0.4, 0.5) is 6.01 Å². The molecule has 1 amide bonds. The van der Waals surface area contributed by atoms with Crippen LogP contribution in [0.3, 0.4) is 0 Å². The highest BCUT2D eigenvalue weighted by molar-refractivity contribution is 8.00. The Balaban J connectivity index is 1.58. The predicted octanol–water partition coefficient (Wildman–Crippen LogP) is 5.53. The number of hydrogen-bond donors (Lipinski definition) is 1. The van der Waals surface area contributed by atoms with Crippen LogP contribution in [0.1, 0.15) is 42.6 Å². The topological polar surface area (TPSA) is 68.0 Å². The minimum absolute atomic E-state index is 0.110. The van der Waals surface area contributed by atoms with Crippen LogP contribution in [0.25, 0.3) is 0 Å². The number of nitrogens with one attached hydrogen (secondary N) is 1. The van der Waals surface area contributed by atoms with Crippen molar-refractivity contribution >= 4 is 35.4 Å². The number of aromatic nitrogens is 2. The molecule has 7 heteroatoms. The Bertz CT molecular complexity index is 906. The number of carbonyl (C=O) groups is 1. The highest BCUT2D eigenvalue weighted by Gasteiger charge is 2.12. The number of benzene rings is 2. The zero-order valence-corrected chi connectivity index (χ0v) is 17.8. The molecule has 1 N–H and O–H groups in total. The number of rotatable bonds is 8. The molecule has 0 aliphatic carbocycles. The van der Waals surface area contributed by atoms with E-state index in [1.165, 1.54) is 4.90 Å². The van der Waals surface area contributed by atoms with Crippen LogP contribution in [-0.2, 0) is 6.42 Å². The van der Waals surface area contributed by atoms with Crippen molar-refractivity contribution in [3.05, 3.63) is 65.5 Å². The SMILES string of the molecule is CCSc1ccc(C(=O)Nc2nnc(Cc3ccc(SC(C)C)cc3)o2)cc1. The van der Waals surface area contributed by atoms with Crippen molar-refractivity contribution in [2.24, 2.45) is 0 Å². The molecule has 5 nitrogen and oxygen atoms in total. The van der Waals surface area contributed by atoms with Crippen molar-refractivity contribution < 1.29 is 9.21 Å². The Morgan fingerprint density at radius 1 is 1.04 bits per heavy atom. The number of anilines is 1. The van der Waals surface area contributed by atoms with Crippen LogP contribution in [0, 0.1) is 0 Å². The molecule has 3 aromatic rings. The quantitative estimate of drug-likeness (QED) is 0.490. The molecule has 0 aliphatic rings. The van der Waals surface area contributed by atoms with E-state index in [1.54, 1.807) is 23.9 Å². The second-order valence-electron chi connectivity index (χ2n) is 6.40. The number of amides is 1. The Morgan fingerprint density at radius 3 is 2.36 bits per heavy atom. The zero-order valence-electron chi connectivity index (χ0n) is 16.1. The van der Waals surface area contributed by atoms with Gasteiger partial charge < -0.3 is 4.42 Å². The van der Waals surface area contributed by atoms with Gasteiger partial charge in [-0.2, -0.15) is 0 Å². The van der Waals surface area contributed by atoms with Gasteiger partial charge in [0.2, 0.25) is 5.89 Å². The van der Waals surface area contributed by atoms with Gasteiger partial charge in [0.05, 0.1) is 6.42 Å². The standard InChI is InChI=1S/C21H23N3O2S2/c1-4-27-17-11-7-16(8-12-17)20(25)22-21-24-23-19(26-21)13-15-5-9-18(10-6-15)28-14(2)3/h5-12,14H,4,13H2,1-3H3,(H,22,24,25). The molecule has 0 fully saturated rings. The normalized spacial score (nSPS) is 11.0. The summed E-state index contributed by atoms with van der Waals surface area (Å²) in [6, 6.07) is 15.9. The molecule has 146 valence electrons. The molecule has 0 unspecified atom stereocenters. The second-order valence-corrected chi connectivity index (χ2v) is 9.39. The summed E-state index contributed by atoms with van der Waals surface area (Å²) in [4.78, 5) is 14.7. The fraction of sp³-hybridized carbons (Fsp3) is 0.286. The molecular weight excluding hydrogens is 390 g/mol. The van der Waals surface area contributed by atoms with Gasteiger partial charge in [-0.15, -0.1) is 28.6 Å². The third-order valence-corrected chi connectivity index (χ3v) is 5.68. The van der Waals surface area contributed by atoms with E-state index in [4.69, 9.17) is 4.42 Å². The average Bonchev–Trinajstić information content (AvgIpc) is 3.10. The first-order valence-electron chi connectivity index (χ1n) is 9.15. The number of hydrogen-bond acceptors (Lipinski definition) is 6. The van der Waals surface area contributed by atoms with Gasteiger partial charge in [0.1, 0.15) is 0 Å². The van der Waals surface area contributed by atoms with E-state index < -0.39 is 0 Å². The molecule has 0 saturated carbocycles. The summed E-state index contributed by atoms with van der Waals surface area (Å²) in [5, 5.41) is 11.2. The molecule has 0 aliphatic heterocycles. The third-order valence-electron chi connectivity index (χ3n) is 3.77. The van der Waals surface area contributed by atoms with Gasteiger partial charge in [-0.1, -0.05) is 38.0 Å². The first-order chi connectivity index (χ1) is 13.5. The highest BCUT2D eigenvalue weighted by Crippen LogP contribution is 2.24. The Kier molecular flexibility index (Phi) is 7.17. The number of nitrogens with zero attached hydrogens (tertiary/aromatic N) is 2. The maximum absolute atomic E-state index is 12.3. The van der Waals surface area contributed by atoms with Crippen LogP contribution >= 0.6 is 23.5 Å². The van der Waals surface area contributed by atoms with Crippen molar-refractivity contribution in [1.82, 2.24) is 10.2 Å². The maximum atomic E-state index is 12.3.